The molecule has 0 bridgehead atoms. The van der Waals surface area contributed by atoms with Crippen molar-refractivity contribution in [3.8, 4) is 0 Å². The lowest BCUT2D eigenvalue weighted by Gasteiger charge is -2.20. The van der Waals surface area contributed by atoms with Crippen molar-refractivity contribution in [3.63, 3.8) is 0 Å². The van der Waals surface area contributed by atoms with Gasteiger partial charge in [-0.3, -0.25) is 0 Å². The zero-order chi connectivity index (χ0) is 10.2. The van der Waals surface area contributed by atoms with E-state index in [0.29, 0.717) is 0 Å². The summed E-state index contributed by atoms with van der Waals surface area (Å²) in [5, 5.41) is 3.37. The quantitative estimate of drug-likeness (QED) is 0.485. The van der Waals surface area contributed by atoms with Crippen LogP contribution >= 0.6 is 0 Å². The third kappa shape index (κ3) is 11.7. The van der Waals surface area contributed by atoms with Crippen molar-refractivity contribution in [1.29, 1.82) is 0 Å². The van der Waals surface area contributed by atoms with Crippen LogP contribution in [0.5, 0.6) is 0 Å². The summed E-state index contributed by atoms with van der Waals surface area (Å²) < 4.78 is 5.42. The van der Waals surface area contributed by atoms with Crippen LogP contribution in [0.4, 0.5) is 0 Å². The Morgan fingerprint density at radius 3 is 2.54 bits per heavy atom. The summed E-state index contributed by atoms with van der Waals surface area (Å²) in [4.78, 5) is 0. The SMILES string of the molecule is C=CCCCOCCNC(C)(C)C. The smallest absolute Gasteiger partial charge is 0.0591 e. The molecule has 2 nitrogen and oxygen atoms in total. The summed E-state index contributed by atoms with van der Waals surface area (Å²) in [5.41, 5.74) is 0.199. The van der Waals surface area contributed by atoms with Gasteiger partial charge in [-0.25, -0.2) is 0 Å². The van der Waals surface area contributed by atoms with Crippen LogP contribution in [0, 0.1) is 0 Å². The second kappa shape index (κ2) is 7.10. The van der Waals surface area contributed by atoms with Crippen LogP contribution in [-0.4, -0.2) is 25.3 Å². The number of allylic oxidation sites excluding steroid dienone is 1. The molecule has 0 aromatic heterocycles. The van der Waals surface area contributed by atoms with E-state index < -0.39 is 0 Å². The first-order valence-corrected chi connectivity index (χ1v) is 5.00. The molecule has 0 unspecified atom stereocenters. The fourth-order valence-corrected chi connectivity index (χ4v) is 0.930. The first-order chi connectivity index (χ1) is 6.06. The minimum atomic E-state index is 0.199. The molecule has 0 radical (unpaired) electrons. The van der Waals surface area contributed by atoms with Gasteiger partial charge in [0.15, 0.2) is 0 Å². The fourth-order valence-electron chi connectivity index (χ4n) is 0.930. The lowest BCUT2D eigenvalue weighted by Crippen LogP contribution is -2.38. The van der Waals surface area contributed by atoms with Crippen molar-refractivity contribution in [2.75, 3.05) is 19.8 Å². The van der Waals surface area contributed by atoms with Gasteiger partial charge < -0.3 is 10.1 Å². The molecule has 2 heteroatoms. The van der Waals surface area contributed by atoms with Gasteiger partial charge in [0, 0.05) is 18.7 Å². The molecule has 0 aliphatic carbocycles. The number of unbranched alkanes of at least 4 members (excludes halogenated alkanes) is 1. The zero-order valence-electron chi connectivity index (χ0n) is 9.23. The number of ether oxygens (including phenoxy) is 1. The maximum atomic E-state index is 5.42. The molecule has 0 rings (SSSR count). The monoisotopic (exact) mass is 185 g/mol. The summed E-state index contributed by atoms with van der Waals surface area (Å²) >= 11 is 0. The third-order valence-corrected chi connectivity index (χ3v) is 1.60. The third-order valence-electron chi connectivity index (χ3n) is 1.60. The summed E-state index contributed by atoms with van der Waals surface area (Å²) in [6.07, 6.45) is 4.06. The highest BCUT2D eigenvalue weighted by Crippen LogP contribution is 1.97. The van der Waals surface area contributed by atoms with E-state index in [1.54, 1.807) is 0 Å². The summed E-state index contributed by atoms with van der Waals surface area (Å²) in [7, 11) is 0. The molecule has 13 heavy (non-hydrogen) atoms. The molecule has 0 aliphatic rings. The molecule has 78 valence electrons. The minimum Gasteiger partial charge on any atom is -0.380 e. The summed E-state index contributed by atoms with van der Waals surface area (Å²) in [5.74, 6) is 0. The molecule has 0 aliphatic heterocycles. The van der Waals surface area contributed by atoms with E-state index in [1.165, 1.54) is 0 Å². The van der Waals surface area contributed by atoms with Crippen LogP contribution in [0.3, 0.4) is 0 Å². The van der Waals surface area contributed by atoms with Crippen LogP contribution in [0.25, 0.3) is 0 Å². The molecular formula is C11H23NO. The highest BCUT2D eigenvalue weighted by molar-refractivity contribution is 4.69. The van der Waals surface area contributed by atoms with Crippen LogP contribution in [0.15, 0.2) is 12.7 Å². The maximum absolute atomic E-state index is 5.42. The lowest BCUT2D eigenvalue weighted by molar-refractivity contribution is 0.129. The molecule has 0 amide bonds. The molecule has 0 heterocycles. The molecule has 0 aromatic carbocycles. The first kappa shape index (κ1) is 12.7. The van der Waals surface area contributed by atoms with Crippen molar-refractivity contribution in [2.24, 2.45) is 0 Å². The van der Waals surface area contributed by atoms with Gasteiger partial charge in [-0.05, 0) is 33.6 Å². The van der Waals surface area contributed by atoms with Gasteiger partial charge in [0.1, 0.15) is 0 Å². The second-order valence-corrected chi connectivity index (χ2v) is 4.22. The van der Waals surface area contributed by atoms with Crippen LogP contribution in [0.2, 0.25) is 0 Å². The normalized spacial score (nSPS) is 11.6. The van der Waals surface area contributed by atoms with Gasteiger partial charge in [-0.1, -0.05) is 6.08 Å². The van der Waals surface area contributed by atoms with Crippen molar-refractivity contribution in [1.82, 2.24) is 5.32 Å². The number of rotatable bonds is 7. The highest BCUT2D eigenvalue weighted by Gasteiger charge is 2.06. The molecule has 0 aromatic rings. The Kier molecular flexibility index (Phi) is 6.92. The average Bonchev–Trinajstić information content (AvgIpc) is 2.01. The Balaban J connectivity index is 3.04. The predicted molar refractivity (Wildman–Crippen MR) is 58.0 cm³/mol. The van der Waals surface area contributed by atoms with E-state index in [0.717, 1.165) is 32.6 Å². The Bertz CT molecular complexity index is 127. The molecular weight excluding hydrogens is 162 g/mol. The highest BCUT2D eigenvalue weighted by atomic mass is 16.5. The zero-order valence-corrected chi connectivity index (χ0v) is 9.23. The van der Waals surface area contributed by atoms with Crippen LogP contribution in [-0.2, 0) is 4.74 Å². The van der Waals surface area contributed by atoms with E-state index in [1.807, 2.05) is 6.08 Å². The van der Waals surface area contributed by atoms with Gasteiger partial charge in [0.2, 0.25) is 0 Å². The standard InChI is InChI=1S/C11H23NO/c1-5-6-7-9-13-10-8-12-11(2,3)4/h5,12H,1,6-10H2,2-4H3. The number of hydrogen-bond acceptors (Lipinski definition) is 2. The fraction of sp³-hybridized carbons (Fsp3) is 0.818. The molecule has 0 atom stereocenters. The van der Waals surface area contributed by atoms with Crippen molar-refractivity contribution >= 4 is 0 Å². The average molecular weight is 185 g/mol. The molecule has 0 fully saturated rings. The topological polar surface area (TPSA) is 21.3 Å². The predicted octanol–water partition coefficient (Wildman–Crippen LogP) is 2.36. The molecule has 0 saturated heterocycles. The molecule has 0 spiro atoms. The van der Waals surface area contributed by atoms with Crippen molar-refractivity contribution < 1.29 is 4.74 Å². The van der Waals surface area contributed by atoms with E-state index in [-0.39, 0.29) is 5.54 Å². The van der Waals surface area contributed by atoms with Crippen LogP contribution in [0.1, 0.15) is 33.6 Å². The summed E-state index contributed by atoms with van der Waals surface area (Å²) in [6.45, 7) is 12.7. The van der Waals surface area contributed by atoms with Gasteiger partial charge in [-0.2, -0.15) is 0 Å². The van der Waals surface area contributed by atoms with E-state index in [9.17, 15) is 0 Å². The minimum absolute atomic E-state index is 0.199. The first-order valence-electron chi connectivity index (χ1n) is 5.00. The van der Waals surface area contributed by atoms with E-state index >= 15 is 0 Å². The van der Waals surface area contributed by atoms with Crippen molar-refractivity contribution in [2.45, 2.75) is 39.2 Å². The molecule has 1 N–H and O–H groups in total. The molecule has 0 saturated carbocycles. The second-order valence-electron chi connectivity index (χ2n) is 4.22. The Hall–Kier alpha value is -0.340. The number of hydrogen-bond donors (Lipinski definition) is 1. The summed E-state index contributed by atoms with van der Waals surface area (Å²) in [6, 6.07) is 0. The Morgan fingerprint density at radius 1 is 1.31 bits per heavy atom. The van der Waals surface area contributed by atoms with Crippen molar-refractivity contribution in [3.05, 3.63) is 12.7 Å². The van der Waals surface area contributed by atoms with Gasteiger partial charge in [-0.15, -0.1) is 6.58 Å². The maximum Gasteiger partial charge on any atom is 0.0591 e. The Labute approximate surface area is 82.4 Å². The van der Waals surface area contributed by atoms with Gasteiger partial charge in [0.25, 0.3) is 0 Å². The van der Waals surface area contributed by atoms with E-state index in [2.05, 4.69) is 32.7 Å². The van der Waals surface area contributed by atoms with Crippen LogP contribution < -0.4 is 5.32 Å². The van der Waals surface area contributed by atoms with Gasteiger partial charge in [0.05, 0.1) is 6.61 Å². The van der Waals surface area contributed by atoms with Gasteiger partial charge >= 0.3 is 0 Å². The van der Waals surface area contributed by atoms with E-state index in [4.69, 9.17) is 4.74 Å². The Morgan fingerprint density at radius 2 is 2.00 bits per heavy atom. The largest absolute Gasteiger partial charge is 0.380 e. The lowest BCUT2D eigenvalue weighted by atomic mass is 10.1. The number of nitrogens with one attached hydrogen (secondary N) is 1.